The number of carbonyl (C=O) groups is 1. The number of halogens is 1. The van der Waals surface area contributed by atoms with Gasteiger partial charge in [0.1, 0.15) is 6.54 Å². The monoisotopic (exact) mass is 563 g/mol. The number of nitrogens with one attached hydrogen (secondary N) is 1. The number of ether oxygens (including phenoxy) is 2. The number of nitro groups is 1. The molecule has 0 fully saturated rings. The van der Waals surface area contributed by atoms with E-state index in [1.165, 1.54) is 12.1 Å². The van der Waals surface area contributed by atoms with Gasteiger partial charge in [0.05, 0.1) is 23.0 Å². The molecule has 0 saturated heterocycles. The first-order valence-electron chi connectivity index (χ1n) is 11.9. The topological polar surface area (TPSA) is 93.9 Å². The van der Waals surface area contributed by atoms with E-state index < -0.39 is 16.1 Å². The van der Waals surface area contributed by atoms with Crippen molar-refractivity contribution in [3.05, 3.63) is 92.5 Å². The molecule has 9 heteroatoms. The van der Waals surface area contributed by atoms with Gasteiger partial charge in [-0.2, -0.15) is 0 Å². The standard InChI is InChI=1S/C28H26BrN3O5/c1-4-36-24-16-21(32(34)35)15-18-13-14-28(37-26(18)24)27(2,3)22-7-5-6-8-23(22)31(28)17-25(33)30-20-11-9-19(29)10-12-20/h5-16H,4,17H2,1-3H3,(H,30,33). The molecule has 1 unspecified atom stereocenters. The second kappa shape index (κ2) is 9.23. The summed E-state index contributed by atoms with van der Waals surface area (Å²) in [6, 6.07) is 18.2. The molecule has 1 amide bonds. The van der Waals surface area contributed by atoms with E-state index in [9.17, 15) is 14.9 Å². The lowest BCUT2D eigenvalue weighted by atomic mass is 9.76. The Hall–Kier alpha value is -3.85. The highest BCUT2D eigenvalue weighted by Gasteiger charge is 2.59. The van der Waals surface area contributed by atoms with Crippen LogP contribution in [0.15, 0.2) is 71.2 Å². The van der Waals surface area contributed by atoms with Crippen molar-refractivity contribution in [2.24, 2.45) is 0 Å². The number of para-hydroxylation sites is 1. The highest BCUT2D eigenvalue weighted by molar-refractivity contribution is 9.10. The second-order valence-corrected chi connectivity index (χ2v) is 10.4. The third-order valence-electron chi connectivity index (χ3n) is 6.92. The molecule has 37 heavy (non-hydrogen) atoms. The summed E-state index contributed by atoms with van der Waals surface area (Å²) >= 11 is 3.41. The number of fused-ring (bicyclic) bond motifs is 2. The van der Waals surface area contributed by atoms with Gasteiger partial charge >= 0.3 is 0 Å². The van der Waals surface area contributed by atoms with Crippen LogP contribution in [0.1, 0.15) is 31.9 Å². The van der Waals surface area contributed by atoms with E-state index in [1.807, 2.05) is 72.5 Å². The predicted molar refractivity (Wildman–Crippen MR) is 146 cm³/mol. The van der Waals surface area contributed by atoms with E-state index in [0.29, 0.717) is 29.4 Å². The van der Waals surface area contributed by atoms with Crippen molar-refractivity contribution in [2.45, 2.75) is 31.9 Å². The lowest BCUT2D eigenvalue weighted by Gasteiger charge is -2.47. The molecule has 0 bridgehead atoms. The number of amides is 1. The van der Waals surface area contributed by atoms with Gasteiger partial charge < -0.3 is 19.7 Å². The molecule has 8 nitrogen and oxygen atoms in total. The van der Waals surface area contributed by atoms with Crippen LogP contribution in [0.25, 0.3) is 6.08 Å². The minimum Gasteiger partial charge on any atom is -0.490 e. The molecule has 5 rings (SSSR count). The maximum atomic E-state index is 13.3. The first-order chi connectivity index (χ1) is 17.7. The molecule has 0 radical (unpaired) electrons. The van der Waals surface area contributed by atoms with Gasteiger partial charge in [-0.1, -0.05) is 34.1 Å². The van der Waals surface area contributed by atoms with Crippen LogP contribution in [0.5, 0.6) is 11.5 Å². The smallest absolute Gasteiger partial charge is 0.274 e. The lowest BCUT2D eigenvalue weighted by molar-refractivity contribution is -0.385. The molecule has 2 aliphatic rings. The summed E-state index contributed by atoms with van der Waals surface area (Å²) < 4.78 is 13.5. The third kappa shape index (κ3) is 4.13. The molecule has 2 heterocycles. The fourth-order valence-electron chi connectivity index (χ4n) is 5.11. The van der Waals surface area contributed by atoms with Crippen LogP contribution < -0.4 is 19.7 Å². The minimum absolute atomic E-state index is 0.0210. The van der Waals surface area contributed by atoms with Crippen LogP contribution in [0.2, 0.25) is 0 Å². The van der Waals surface area contributed by atoms with Crippen LogP contribution in [-0.4, -0.2) is 29.7 Å². The Balaban J connectivity index is 1.58. The van der Waals surface area contributed by atoms with Crippen molar-refractivity contribution in [3.63, 3.8) is 0 Å². The van der Waals surface area contributed by atoms with Crippen molar-refractivity contribution in [2.75, 3.05) is 23.4 Å². The van der Waals surface area contributed by atoms with Gasteiger partial charge in [0.25, 0.3) is 5.69 Å². The highest BCUT2D eigenvalue weighted by Crippen LogP contribution is 2.56. The van der Waals surface area contributed by atoms with Crippen LogP contribution in [0, 0.1) is 10.1 Å². The molecule has 3 aromatic rings. The molecule has 0 aliphatic carbocycles. The maximum absolute atomic E-state index is 13.3. The van der Waals surface area contributed by atoms with E-state index in [-0.39, 0.29) is 18.1 Å². The van der Waals surface area contributed by atoms with E-state index in [2.05, 4.69) is 35.1 Å². The number of nitrogens with zero attached hydrogens (tertiary/aromatic N) is 2. The van der Waals surface area contributed by atoms with Gasteiger partial charge in [-0.25, -0.2) is 0 Å². The number of anilines is 2. The number of non-ortho nitro benzene ring substituents is 1. The van der Waals surface area contributed by atoms with Crippen LogP contribution in [0.3, 0.4) is 0 Å². The summed E-state index contributed by atoms with van der Waals surface area (Å²) in [7, 11) is 0. The first-order valence-corrected chi connectivity index (χ1v) is 12.7. The quantitative estimate of drug-likeness (QED) is 0.279. The minimum atomic E-state index is -1.08. The van der Waals surface area contributed by atoms with Gasteiger partial charge in [-0.15, -0.1) is 0 Å². The van der Waals surface area contributed by atoms with Crippen LogP contribution in [-0.2, 0) is 10.2 Å². The summed E-state index contributed by atoms with van der Waals surface area (Å²) in [4.78, 5) is 26.3. The summed E-state index contributed by atoms with van der Waals surface area (Å²) in [6.07, 6.45) is 3.71. The van der Waals surface area contributed by atoms with Gasteiger partial charge in [-0.3, -0.25) is 14.9 Å². The van der Waals surface area contributed by atoms with Gasteiger partial charge in [-0.05, 0) is 68.8 Å². The Morgan fingerprint density at radius 2 is 1.89 bits per heavy atom. The summed E-state index contributed by atoms with van der Waals surface area (Å²) in [5.41, 5.74) is 1.40. The molecule has 0 saturated carbocycles. The number of nitro benzene ring substituents is 1. The SMILES string of the molecule is CCOc1cc([N+](=O)[O-])cc2c1OC1(C=C2)N(CC(=O)Nc2ccc(Br)cc2)c2ccccc2C1(C)C. The summed E-state index contributed by atoms with van der Waals surface area (Å²) in [5, 5.41) is 14.5. The van der Waals surface area contributed by atoms with Gasteiger partial charge in [0.2, 0.25) is 11.6 Å². The largest absolute Gasteiger partial charge is 0.490 e. The van der Waals surface area contributed by atoms with Crippen LogP contribution >= 0.6 is 15.9 Å². The average molecular weight is 564 g/mol. The Bertz CT molecular complexity index is 1420. The zero-order valence-electron chi connectivity index (χ0n) is 20.7. The molecule has 3 aromatic carbocycles. The van der Waals surface area contributed by atoms with E-state index in [1.54, 1.807) is 0 Å². The normalized spacial score (nSPS) is 18.6. The van der Waals surface area contributed by atoms with E-state index in [0.717, 1.165) is 15.7 Å². The maximum Gasteiger partial charge on any atom is 0.274 e. The Morgan fingerprint density at radius 3 is 2.59 bits per heavy atom. The first kappa shape index (κ1) is 24.8. The van der Waals surface area contributed by atoms with Crippen molar-refractivity contribution >= 4 is 45.0 Å². The fourth-order valence-corrected chi connectivity index (χ4v) is 5.37. The third-order valence-corrected chi connectivity index (χ3v) is 7.45. The van der Waals surface area contributed by atoms with E-state index >= 15 is 0 Å². The van der Waals surface area contributed by atoms with Gasteiger partial charge in [0, 0.05) is 27.5 Å². The summed E-state index contributed by atoms with van der Waals surface area (Å²) in [5.74, 6) is 0.501. The number of rotatable bonds is 6. The van der Waals surface area contributed by atoms with Crippen molar-refractivity contribution in [1.29, 1.82) is 0 Å². The highest BCUT2D eigenvalue weighted by atomic mass is 79.9. The average Bonchev–Trinajstić information content (AvgIpc) is 3.04. The summed E-state index contributed by atoms with van der Waals surface area (Å²) in [6.45, 7) is 6.29. The predicted octanol–water partition coefficient (Wildman–Crippen LogP) is 6.29. The fraction of sp³-hybridized carbons (Fsp3) is 0.250. The zero-order valence-corrected chi connectivity index (χ0v) is 22.2. The Kier molecular flexibility index (Phi) is 6.19. The van der Waals surface area contributed by atoms with Gasteiger partial charge in [0.15, 0.2) is 11.5 Å². The molecule has 2 aliphatic heterocycles. The van der Waals surface area contributed by atoms with E-state index in [4.69, 9.17) is 9.47 Å². The van der Waals surface area contributed by atoms with Crippen molar-refractivity contribution < 1.29 is 19.2 Å². The number of hydrogen-bond acceptors (Lipinski definition) is 6. The molecular formula is C28H26BrN3O5. The lowest BCUT2D eigenvalue weighted by Crippen LogP contribution is -2.61. The van der Waals surface area contributed by atoms with Crippen molar-refractivity contribution in [1.82, 2.24) is 0 Å². The molecule has 1 spiro atoms. The number of carbonyl (C=O) groups excluding carboxylic acids is 1. The Labute approximate surface area is 223 Å². The zero-order chi connectivity index (χ0) is 26.4. The second-order valence-electron chi connectivity index (χ2n) is 9.47. The molecular weight excluding hydrogens is 538 g/mol. The number of benzene rings is 3. The molecule has 1 atom stereocenters. The van der Waals surface area contributed by atoms with Crippen molar-refractivity contribution in [3.8, 4) is 11.5 Å². The number of hydrogen-bond donors (Lipinski definition) is 1. The van der Waals surface area contributed by atoms with Crippen LogP contribution in [0.4, 0.5) is 17.1 Å². The molecule has 190 valence electrons. The molecule has 1 N–H and O–H groups in total. The Morgan fingerprint density at radius 1 is 1.16 bits per heavy atom. The molecule has 0 aromatic heterocycles.